The highest BCUT2D eigenvalue weighted by atomic mass is 32.2. The van der Waals surface area contributed by atoms with E-state index in [-0.39, 0.29) is 0 Å². The Bertz CT molecular complexity index is 485. The van der Waals surface area contributed by atoms with Gasteiger partial charge in [0.15, 0.2) is 0 Å². The van der Waals surface area contributed by atoms with Crippen molar-refractivity contribution in [2.24, 2.45) is 5.73 Å². The zero-order chi connectivity index (χ0) is 12.3. The summed E-state index contributed by atoms with van der Waals surface area (Å²) in [6.07, 6.45) is 0. The van der Waals surface area contributed by atoms with Crippen molar-refractivity contribution >= 4 is 23.1 Å². The van der Waals surface area contributed by atoms with Crippen molar-refractivity contribution in [1.29, 1.82) is 0 Å². The molecule has 0 aliphatic heterocycles. The van der Waals surface area contributed by atoms with Crippen molar-refractivity contribution in [1.82, 2.24) is 0 Å². The van der Waals surface area contributed by atoms with Crippen LogP contribution in [0, 0.1) is 6.92 Å². The predicted octanol–water partition coefficient (Wildman–Crippen LogP) is 4.29. The van der Waals surface area contributed by atoms with Crippen LogP contribution >= 0.6 is 23.1 Å². The highest BCUT2D eigenvalue weighted by Gasteiger charge is 2.09. The van der Waals surface area contributed by atoms with E-state index in [1.807, 2.05) is 11.8 Å². The standard InChI is InChI=1S/C14H17NS2/c1-3-16-13-6-4-11(5-7-13)14-10(2)17-9-12(14)8-15/h4-7,9H,3,8,15H2,1-2H3. The van der Waals surface area contributed by atoms with Gasteiger partial charge in [-0.2, -0.15) is 0 Å². The quantitative estimate of drug-likeness (QED) is 0.833. The summed E-state index contributed by atoms with van der Waals surface area (Å²) in [7, 11) is 0. The smallest absolute Gasteiger partial charge is 0.0192 e. The summed E-state index contributed by atoms with van der Waals surface area (Å²) in [5.41, 5.74) is 9.64. The Morgan fingerprint density at radius 1 is 1.24 bits per heavy atom. The number of benzene rings is 1. The maximum Gasteiger partial charge on any atom is 0.0192 e. The first-order valence-corrected chi connectivity index (χ1v) is 7.63. The van der Waals surface area contributed by atoms with Crippen LogP contribution in [0.3, 0.4) is 0 Å². The van der Waals surface area contributed by atoms with Crippen molar-refractivity contribution in [3.8, 4) is 11.1 Å². The second kappa shape index (κ2) is 5.71. The normalized spacial score (nSPS) is 10.8. The molecule has 0 aliphatic rings. The number of hydrogen-bond donors (Lipinski definition) is 1. The first-order valence-electron chi connectivity index (χ1n) is 5.76. The lowest BCUT2D eigenvalue weighted by atomic mass is 10.0. The molecule has 0 bridgehead atoms. The van der Waals surface area contributed by atoms with Gasteiger partial charge < -0.3 is 5.73 Å². The Morgan fingerprint density at radius 2 is 1.94 bits per heavy atom. The molecular formula is C14H17NS2. The summed E-state index contributed by atoms with van der Waals surface area (Å²) in [5.74, 6) is 1.12. The van der Waals surface area contributed by atoms with E-state index in [4.69, 9.17) is 5.73 Å². The van der Waals surface area contributed by atoms with Crippen LogP contribution in [0.4, 0.5) is 0 Å². The number of rotatable bonds is 4. The molecule has 0 aliphatic carbocycles. The van der Waals surface area contributed by atoms with Crippen LogP contribution in [0.1, 0.15) is 17.4 Å². The average molecular weight is 263 g/mol. The number of aryl methyl sites for hydroxylation is 1. The van der Waals surface area contributed by atoms with E-state index in [9.17, 15) is 0 Å². The van der Waals surface area contributed by atoms with Crippen LogP contribution in [-0.2, 0) is 6.54 Å². The van der Waals surface area contributed by atoms with Gasteiger partial charge in [-0.15, -0.1) is 23.1 Å². The molecule has 1 heterocycles. The highest BCUT2D eigenvalue weighted by Crippen LogP contribution is 2.33. The zero-order valence-electron chi connectivity index (χ0n) is 10.2. The van der Waals surface area contributed by atoms with Gasteiger partial charge in [0.1, 0.15) is 0 Å². The van der Waals surface area contributed by atoms with Crippen LogP contribution in [0.25, 0.3) is 11.1 Å². The molecule has 90 valence electrons. The molecule has 0 fully saturated rings. The lowest BCUT2D eigenvalue weighted by molar-refractivity contribution is 1.08. The predicted molar refractivity (Wildman–Crippen MR) is 78.8 cm³/mol. The van der Waals surface area contributed by atoms with E-state index in [0.717, 1.165) is 5.75 Å². The van der Waals surface area contributed by atoms with Crippen molar-refractivity contribution in [3.63, 3.8) is 0 Å². The lowest BCUT2D eigenvalue weighted by Gasteiger charge is -2.06. The number of nitrogens with two attached hydrogens (primary N) is 1. The molecule has 2 N–H and O–H groups in total. The van der Waals surface area contributed by atoms with E-state index < -0.39 is 0 Å². The molecule has 1 aromatic heterocycles. The molecule has 2 aromatic rings. The Balaban J connectivity index is 2.36. The molecule has 0 saturated carbocycles. The Labute approximate surface area is 111 Å². The fourth-order valence-corrected chi connectivity index (χ4v) is 3.49. The van der Waals surface area contributed by atoms with E-state index in [0.29, 0.717) is 6.54 Å². The molecule has 3 heteroatoms. The molecule has 0 radical (unpaired) electrons. The first kappa shape index (κ1) is 12.7. The van der Waals surface area contributed by atoms with Gasteiger partial charge >= 0.3 is 0 Å². The van der Waals surface area contributed by atoms with Crippen LogP contribution in [-0.4, -0.2) is 5.75 Å². The molecular weight excluding hydrogens is 246 g/mol. The number of hydrogen-bond acceptors (Lipinski definition) is 3. The summed E-state index contributed by atoms with van der Waals surface area (Å²) in [4.78, 5) is 2.68. The Kier molecular flexibility index (Phi) is 4.26. The summed E-state index contributed by atoms with van der Waals surface area (Å²) in [5, 5.41) is 2.17. The third kappa shape index (κ3) is 2.73. The minimum absolute atomic E-state index is 0.616. The largest absolute Gasteiger partial charge is 0.326 e. The number of thiophene rings is 1. The third-order valence-electron chi connectivity index (χ3n) is 2.73. The molecule has 0 amide bonds. The summed E-state index contributed by atoms with van der Waals surface area (Å²) >= 11 is 3.65. The molecule has 2 rings (SSSR count). The maximum atomic E-state index is 5.78. The summed E-state index contributed by atoms with van der Waals surface area (Å²) in [6.45, 7) is 4.95. The second-order valence-electron chi connectivity index (χ2n) is 3.85. The topological polar surface area (TPSA) is 26.0 Å². The average Bonchev–Trinajstić information content (AvgIpc) is 2.72. The molecule has 0 atom stereocenters. The minimum Gasteiger partial charge on any atom is -0.326 e. The SMILES string of the molecule is CCSc1ccc(-c2c(CN)csc2C)cc1. The Hall–Kier alpha value is -0.770. The molecule has 0 unspecified atom stereocenters. The fourth-order valence-electron chi connectivity index (χ4n) is 1.93. The minimum atomic E-state index is 0.616. The molecule has 0 spiro atoms. The van der Waals surface area contributed by atoms with E-state index in [1.54, 1.807) is 11.3 Å². The molecule has 1 nitrogen and oxygen atoms in total. The second-order valence-corrected chi connectivity index (χ2v) is 6.27. The van der Waals surface area contributed by atoms with Crippen molar-refractivity contribution in [2.75, 3.05) is 5.75 Å². The van der Waals surface area contributed by atoms with Gasteiger partial charge in [-0.3, -0.25) is 0 Å². The van der Waals surface area contributed by atoms with Gasteiger partial charge in [0.25, 0.3) is 0 Å². The van der Waals surface area contributed by atoms with Gasteiger partial charge in [0.05, 0.1) is 0 Å². The molecule has 1 aromatic carbocycles. The van der Waals surface area contributed by atoms with Gasteiger partial charge in [0.2, 0.25) is 0 Å². The lowest BCUT2D eigenvalue weighted by Crippen LogP contribution is -1.96. The van der Waals surface area contributed by atoms with Crippen molar-refractivity contribution in [2.45, 2.75) is 25.3 Å². The van der Waals surface area contributed by atoms with Crippen LogP contribution in [0.15, 0.2) is 34.5 Å². The van der Waals surface area contributed by atoms with E-state index in [1.165, 1.54) is 26.5 Å². The van der Waals surface area contributed by atoms with Gasteiger partial charge in [-0.25, -0.2) is 0 Å². The maximum absolute atomic E-state index is 5.78. The summed E-state index contributed by atoms with van der Waals surface area (Å²) in [6, 6.07) is 8.79. The van der Waals surface area contributed by atoms with Crippen molar-refractivity contribution < 1.29 is 0 Å². The van der Waals surface area contributed by atoms with Crippen LogP contribution in [0.2, 0.25) is 0 Å². The van der Waals surface area contributed by atoms with Crippen LogP contribution < -0.4 is 5.73 Å². The monoisotopic (exact) mass is 263 g/mol. The van der Waals surface area contributed by atoms with E-state index in [2.05, 4.69) is 43.5 Å². The van der Waals surface area contributed by atoms with Crippen molar-refractivity contribution in [3.05, 3.63) is 40.1 Å². The first-order chi connectivity index (χ1) is 8.26. The summed E-state index contributed by atoms with van der Waals surface area (Å²) < 4.78 is 0. The Morgan fingerprint density at radius 3 is 2.53 bits per heavy atom. The van der Waals surface area contributed by atoms with Crippen LogP contribution in [0.5, 0.6) is 0 Å². The molecule has 0 saturated heterocycles. The fraction of sp³-hybridized carbons (Fsp3) is 0.286. The van der Waals surface area contributed by atoms with Gasteiger partial charge in [0, 0.05) is 16.3 Å². The zero-order valence-corrected chi connectivity index (χ0v) is 11.8. The molecule has 17 heavy (non-hydrogen) atoms. The van der Waals surface area contributed by atoms with Gasteiger partial charge in [-0.05, 0) is 46.9 Å². The third-order valence-corrected chi connectivity index (χ3v) is 4.58. The highest BCUT2D eigenvalue weighted by molar-refractivity contribution is 7.99. The van der Waals surface area contributed by atoms with E-state index >= 15 is 0 Å². The van der Waals surface area contributed by atoms with Gasteiger partial charge in [-0.1, -0.05) is 19.1 Å². The number of thioether (sulfide) groups is 1.